The first kappa shape index (κ1) is 16.1. The molecule has 0 unspecified atom stereocenters. The fourth-order valence-electron chi connectivity index (χ4n) is 4.03. The van der Waals surface area contributed by atoms with Crippen molar-refractivity contribution in [3.05, 3.63) is 45.1 Å². The molecule has 4 rings (SSSR count). The minimum atomic E-state index is -0.537. The molecule has 1 aromatic heterocycles. The molecule has 0 radical (unpaired) electrons. The topological polar surface area (TPSA) is 87.2 Å². The van der Waals surface area contributed by atoms with Gasteiger partial charge in [0.25, 0.3) is 5.56 Å². The van der Waals surface area contributed by atoms with E-state index in [0.29, 0.717) is 29.4 Å². The Morgan fingerprint density at radius 2 is 1.88 bits per heavy atom. The summed E-state index contributed by atoms with van der Waals surface area (Å²) < 4.78 is 1.01. The Labute approximate surface area is 144 Å². The number of piperidine rings is 1. The number of fused-ring (bicyclic) bond motifs is 1. The lowest BCUT2D eigenvalue weighted by Gasteiger charge is -2.38. The molecular formula is C18H22N4O3. The first-order chi connectivity index (χ1) is 12.1. The van der Waals surface area contributed by atoms with Gasteiger partial charge in [0.1, 0.15) is 6.54 Å². The highest BCUT2D eigenvalue weighted by atomic mass is 16.2. The van der Waals surface area contributed by atoms with Gasteiger partial charge in [-0.15, -0.1) is 0 Å². The highest BCUT2D eigenvalue weighted by molar-refractivity contribution is 5.79. The van der Waals surface area contributed by atoms with Crippen LogP contribution in [0.5, 0.6) is 0 Å². The monoisotopic (exact) mass is 342 g/mol. The Balaban J connectivity index is 1.53. The van der Waals surface area contributed by atoms with Crippen molar-refractivity contribution in [2.75, 3.05) is 26.2 Å². The lowest BCUT2D eigenvalue weighted by molar-refractivity contribution is -0.134. The van der Waals surface area contributed by atoms with Gasteiger partial charge >= 0.3 is 5.69 Å². The van der Waals surface area contributed by atoms with E-state index in [4.69, 9.17) is 0 Å². The summed E-state index contributed by atoms with van der Waals surface area (Å²) in [6.07, 6.45) is 3.13. The molecule has 0 aliphatic carbocycles. The maximum absolute atomic E-state index is 12.6. The molecule has 7 heteroatoms. The number of carbonyl (C=O) groups excluding carboxylic acids is 1. The lowest BCUT2D eigenvalue weighted by atomic mass is 9.78. The third kappa shape index (κ3) is 2.89. The van der Waals surface area contributed by atoms with Crippen LogP contribution in [0.15, 0.2) is 33.9 Å². The summed E-state index contributed by atoms with van der Waals surface area (Å²) in [6.45, 7) is 3.26. The van der Waals surface area contributed by atoms with Crippen LogP contribution in [0.25, 0.3) is 10.9 Å². The second-order valence-electron chi connectivity index (χ2n) is 7.17. The fraction of sp³-hybridized carbons (Fsp3) is 0.500. The number of rotatable bonds is 2. The number of hydrogen-bond acceptors (Lipinski definition) is 4. The number of amides is 1. The lowest BCUT2D eigenvalue weighted by Crippen LogP contribution is -2.47. The zero-order valence-electron chi connectivity index (χ0n) is 14.1. The van der Waals surface area contributed by atoms with Crippen molar-refractivity contribution in [2.45, 2.75) is 25.8 Å². The van der Waals surface area contributed by atoms with Crippen LogP contribution in [0.2, 0.25) is 0 Å². The summed E-state index contributed by atoms with van der Waals surface area (Å²) in [7, 11) is 0. The van der Waals surface area contributed by atoms with Gasteiger partial charge < -0.3 is 15.2 Å². The molecule has 2 aliphatic heterocycles. The predicted molar refractivity (Wildman–Crippen MR) is 94.6 cm³/mol. The smallest absolute Gasteiger partial charge is 0.329 e. The number of aromatic amines is 1. The minimum absolute atomic E-state index is 0.163. The van der Waals surface area contributed by atoms with Crippen LogP contribution >= 0.6 is 0 Å². The summed E-state index contributed by atoms with van der Waals surface area (Å²) in [5, 5.41) is 3.83. The molecular weight excluding hydrogens is 320 g/mol. The van der Waals surface area contributed by atoms with Crippen molar-refractivity contribution in [3.63, 3.8) is 0 Å². The number of nitrogens with zero attached hydrogens (tertiary/aromatic N) is 2. The highest BCUT2D eigenvalue weighted by Gasteiger charge is 2.38. The quantitative estimate of drug-likeness (QED) is 0.821. The molecule has 3 heterocycles. The SMILES string of the molecule is O=C(Cn1c(=O)[nH]c2ccccc2c1=O)N1CCC2(CCNC2)CC1. The molecule has 25 heavy (non-hydrogen) atoms. The largest absolute Gasteiger partial charge is 0.341 e. The van der Waals surface area contributed by atoms with Gasteiger partial charge in [0.2, 0.25) is 5.91 Å². The summed E-state index contributed by atoms with van der Waals surface area (Å²) in [4.78, 5) is 41.8. The molecule has 7 nitrogen and oxygen atoms in total. The van der Waals surface area contributed by atoms with Gasteiger partial charge in [-0.25, -0.2) is 4.79 Å². The van der Waals surface area contributed by atoms with Crippen LogP contribution in [-0.4, -0.2) is 46.5 Å². The zero-order chi connectivity index (χ0) is 17.4. The number of para-hydroxylation sites is 1. The number of carbonyl (C=O) groups is 1. The van der Waals surface area contributed by atoms with E-state index < -0.39 is 11.2 Å². The van der Waals surface area contributed by atoms with E-state index in [2.05, 4.69) is 10.3 Å². The maximum atomic E-state index is 12.6. The molecule has 1 spiro atoms. The van der Waals surface area contributed by atoms with Crippen LogP contribution in [-0.2, 0) is 11.3 Å². The first-order valence-corrected chi connectivity index (χ1v) is 8.78. The second-order valence-corrected chi connectivity index (χ2v) is 7.17. The summed E-state index contributed by atoms with van der Waals surface area (Å²) in [5.41, 5.74) is -0.129. The van der Waals surface area contributed by atoms with Crippen LogP contribution in [0.4, 0.5) is 0 Å². The van der Waals surface area contributed by atoms with Gasteiger partial charge in [0.15, 0.2) is 0 Å². The van der Waals surface area contributed by atoms with Crippen LogP contribution < -0.4 is 16.6 Å². The summed E-state index contributed by atoms with van der Waals surface area (Å²) in [5.74, 6) is -0.163. The van der Waals surface area contributed by atoms with Gasteiger partial charge in [-0.05, 0) is 43.4 Å². The van der Waals surface area contributed by atoms with Gasteiger partial charge in [0, 0.05) is 19.6 Å². The molecule has 2 aromatic rings. The van der Waals surface area contributed by atoms with Crippen LogP contribution in [0, 0.1) is 5.41 Å². The van der Waals surface area contributed by atoms with E-state index in [1.807, 2.05) is 0 Å². The number of nitrogens with one attached hydrogen (secondary N) is 2. The molecule has 2 saturated heterocycles. The maximum Gasteiger partial charge on any atom is 0.329 e. The van der Waals surface area contributed by atoms with Gasteiger partial charge in [-0.1, -0.05) is 12.1 Å². The standard InChI is InChI=1S/C18H22N4O3/c23-15(21-9-6-18(7-10-21)5-8-19-12-18)11-22-16(24)13-3-1-2-4-14(13)20-17(22)25/h1-4,19H,5-12H2,(H,20,25). The van der Waals surface area contributed by atoms with Crippen molar-refractivity contribution in [2.24, 2.45) is 5.41 Å². The highest BCUT2D eigenvalue weighted by Crippen LogP contribution is 2.36. The molecule has 2 N–H and O–H groups in total. The second kappa shape index (κ2) is 6.15. The van der Waals surface area contributed by atoms with E-state index in [9.17, 15) is 14.4 Å². The number of benzene rings is 1. The van der Waals surface area contributed by atoms with Crippen molar-refractivity contribution in [1.29, 1.82) is 0 Å². The molecule has 132 valence electrons. The number of aromatic nitrogens is 2. The predicted octanol–water partition coefficient (Wildman–Crippen LogP) is 0.292. The van der Waals surface area contributed by atoms with Crippen molar-refractivity contribution in [1.82, 2.24) is 19.8 Å². The molecule has 0 bridgehead atoms. The Morgan fingerprint density at radius 1 is 1.12 bits per heavy atom. The first-order valence-electron chi connectivity index (χ1n) is 8.78. The van der Waals surface area contributed by atoms with E-state index in [-0.39, 0.29) is 12.5 Å². The van der Waals surface area contributed by atoms with Gasteiger partial charge in [0.05, 0.1) is 10.9 Å². The van der Waals surface area contributed by atoms with Gasteiger partial charge in [-0.3, -0.25) is 14.2 Å². The Hall–Kier alpha value is -2.41. The average Bonchev–Trinajstić information content (AvgIpc) is 3.07. The van der Waals surface area contributed by atoms with Crippen molar-refractivity contribution < 1.29 is 4.79 Å². The van der Waals surface area contributed by atoms with Crippen molar-refractivity contribution in [3.8, 4) is 0 Å². The fourth-order valence-corrected chi connectivity index (χ4v) is 4.03. The van der Waals surface area contributed by atoms with E-state index >= 15 is 0 Å². The summed E-state index contributed by atoms with van der Waals surface area (Å²) in [6, 6.07) is 6.85. The molecule has 2 aliphatic rings. The minimum Gasteiger partial charge on any atom is -0.341 e. The van der Waals surface area contributed by atoms with E-state index in [1.54, 1.807) is 29.2 Å². The van der Waals surface area contributed by atoms with Crippen molar-refractivity contribution >= 4 is 16.8 Å². The molecule has 0 atom stereocenters. The zero-order valence-corrected chi connectivity index (χ0v) is 14.1. The Kier molecular flexibility index (Phi) is 3.95. The number of hydrogen-bond donors (Lipinski definition) is 2. The Morgan fingerprint density at radius 3 is 2.60 bits per heavy atom. The van der Waals surface area contributed by atoms with E-state index in [0.717, 1.165) is 30.5 Å². The average molecular weight is 342 g/mol. The number of H-pyrrole nitrogens is 1. The van der Waals surface area contributed by atoms with Gasteiger partial charge in [-0.2, -0.15) is 0 Å². The molecule has 1 aromatic carbocycles. The third-order valence-corrected chi connectivity index (χ3v) is 5.69. The molecule has 2 fully saturated rings. The molecule has 1 amide bonds. The van der Waals surface area contributed by atoms with E-state index in [1.165, 1.54) is 6.42 Å². The van der Waals surface area contributed by atoms with Crippen LogP contribution in [0.3, 0.4) is 0 Å². The third-order valence-electron chi connectivity index (χ3n) is 5.69. The number of likely N-dealkylation sites (tertiary alicyclic amines) is 1. The Bertz CT molecular complexity index is 914. The summed E-state index contributed by atoms with van der Waals surface area (Å²) >= 11 is 0. The van der Waals surface area contributed by atoms with Crippen LogP contribution in [0.1, 0.15) is 19.3 Å². The normalized spacial score (nSPS) is 19.6. The molecule has 0 saturated carbocycles.